The fourth-order valence-electron chi connectivity index (χ4n) is 1.12. The van der Waals surface area contributed by atoms with Gasteiger partial charge in [0.15, 0.2) is 0 Å². The summed E-state index contributed by atoms with van der Waals surface area (Å²) in [5.41, 5.74) is 0. The first-order chi connectivity index (χ1) is 7.15. The predicted molar refractivity (Wildman–Crippen MR) is 56.2 cm³/mol. The van der Waals surface area contributed by atoms with Crippen LogP contribution in [0.3, 0.4) is 0 Å². The van der Waals surface area contributed by atoms with E-state index in [9.17, 15) is 4.79 Å². The lowest BCUT2D eigenvalue weighted by atomic mass is 10.3. The highest BCUT2D eigenvalue weighted by molar-refractivity contribution is 5.81. The van der Waals surface area contributed by atoms with Gasteiger partial charge < -0.3 is 15.2 Å². The summed E-state index contributed by atoms with van der Waals surface area (Å²) in [5, 5.41) is 13.4. The van der Waals surface area contributed by atoms with Crippen LogP contribution in [0.25, 0.3) is 0 Å². The molecule has 1 amide bonds. The summed E-state index contributed by atoms with van der Waals surface area (Å²) in [6.07, 6.45) is 2.34. The van der Waals surface area contributed by atoms with Crippen molar-refractivity contribution in [2.24, 2.45) is 7.05 Å². The van der Waals surface area contributed by atoms with Gasteiger partial charge in [0.1, 0.15) is 12.2 Å². The highest BCUT2D eigenvalue weighted by Gasteiger charge is 2.09. The van der Waals surface area contributed by atoms with Gasteiger partial charge in [-0.1, -0.05) is 0 Å². The van der Waals surface area contributed by atoms with Gasteiger partial charge in [-0.25, -0.2) is 0 Å². The Morgan fingerprint density at radius 3 is 2.93 bits per heavy atom. The number of carbonyl (C=O) groups excluding carboxylic acids is 1. The Balaban J connectivity index is 2.28. The molecular formula is C9H17N5O. The minimum Gasteiger partial charge on any atom is -0.354 e. The van der Waals surface area contributed by atoms with Crippen LogP contribution in [0, 0.1) is 0 Å². The molecule has 0 fully saturated rings. The predicted octanol–water partition coefficient (Wildman–Crippen LogP) is -0.918. The molecule has 0 saturated heterocycles. The normalized spacial score (nSPS) is 12.5. The molecule has 0 aliphatic carbocycles. The smallest absolute Gasteiger partial charge is 0.236 e. The highest BCUT2D eigenvalue weighted by atomic mass is 16.2. The first-order valence-corrected chi connectivity index (χ1v) is 4.93. The van der Waals surface area contributed by atoms with Gasteiger partial charge in [-0.15, -0.1) is 10.2 Å². The van der Waals surface area contributed by atoms with E-state index in [2.05, 4.69) is 20.8 Å². The number of amides is 1. The number of aromatic nitrogens is 3. The monoisotopic (exact) mass is 211 g/mol. The van der Waals surface area contributed by atoms with E-state index in [1.165, 1.54) is 0 Å². The zero-order valence-corrected chi connectivity index (χ0v) is 9.32. The lowest BCUT2D eigenvalue weighted by Gasteiger charge is -2.10. The maximum Gasteiger partial charge on any atom is 0.236 e. The largest absolute Gasteiger partial charge is 0.354 e. The van der Waals surface area contributed by atoms with Crippen LogP contribution in [0.4, 0.5) is 0 Å². The molecule has 6 nitrogen and oxygen atoms in total. The molecule has 0 aliphatic heterocycles. The number of aryl methyl sites for hydroxylation is 1. The van der Waals surface area contributed by atoms with Gasteiger partial charge in [0, 0.05) is 20.0 Å². The number of nitrogens with one attached hydrogen (secondary N) is 2. The van der Waals surface area contributed by atoms with Crippen molar-refractivity contribution < 1.29 is 4.79 Å². The van der Waals surface area contributed by atoms with E-state index in [-0.39, 0.29) is 11.9 Å². The molecule has 1 unspecified atom stereocenters. The molecule has 6 heteroatoms. The summed E-state index contributed by atoms with van der Waals surface area (Å²) in [4.78, 5) is 11.4. The number of hydrogen-bond donors (Lipinski definition) is 2. The van der Waals surface area contributed by atoms with Crippen LogP contribution in [0.2, 0.25) is 0 Å². The number of likely N-dealkylation sites (N-methyl/N-ethyl adjacent to an activating group) is 1. The van der Waals surface area contributed by atoms with Crippen molar-refractivity contribution in [3.05, 3.63) is 12.2 Å². The Labute approximate surface area is 89.1 Å². The third-order valence-electron chi connectivity index (χ3n) is 2.28. The van der Waals surface area contributed by atoms with Crippen molar-refractivity contribution >= 4 is 5.91 Å². The third-order valence-corrected chi connectivity index (χ3v) is 2.28. The molecule has 0 bridgehead atoms. The minimum absolute atomic E-state index is 0.000307. The molecule has 15 heavy (non-hydrogen) atoms. The summed E-state index contributed by atoms with van der Waals surface area (Å²) >= 11 is 0. The van der Waals surface area contributed by atoms with Crippen molar-refractivity contribution in [1.29, 1.82) is 0 Å². The van der Waals surface area contributed by atoms with Crippen molar-refractivity contribution in [2.75, 3.05) is 13.6 Å². The standard InChI is InChI=1S/C9H17N5O/c1-7(10-2)9(15)11-5-4-8-13-12-6-14(8)3/h6-7,10H,4-5H2,1-3H3,(H,11,15). The van der Waals surface area contributed by atoms with E-state index in [0.29, 0.717) is 13.0 Å². The summed E-state index contributed by atoms with van der Waals surface area (Å²) in [6, 6.07) is -0.163. The Kier molecular flexibility index (Phi) is 4.23. The molecule has 1 aromatic heterocycles. The highest BCUT2D eigenvalue weighted by Crippen LogP contribution is 1.91. The molecule has 0 aliphatic rings. The number of carbonyl (C=O) groups is 1. The molecule has 1 atom stereocenters. The third kappa shape index (κ3) is 3.32. The van der Waals surface area contributed by atoms with E-state index in [1.54, 1.807) is 13.4 Å². The van der Waals surface area contributed by atoms with Gasteiger partial charge in [0.05, 0.1) is 6.04 Å². The summed E-state index contributed by atoms with van der Waals surface area (Å²) in [5.74, 6) is 0.868. The fraction of sp³-hybridized carbons (Fsp3) is 0.667. The van der Waals surface area contributed by atoms with Gasteiger partial charge in [-0.2, -0.15) is 0 Å². The molecule has 1 aromatic rings. The van der Waals surface area contributed by atoms with Gasteiger partial charge in [0.2, 0.25) is 5.91 Å². The van der Waals surface area contributed by atoms with E-state index >= 15 is 0 Å². The minimum atomic E-state index is -0.163. The van der Waals surface area contributed by atoms with E-state index in [0.717, 1.165) is 5.82 Å². The first-order valence-electron chi connectivity index (χ1n) is 4.93. The SMILES string of the molecule is CNC(C)C(=O)NCCc1nncn1C. The van der Waals surface area contributed by atoms with Gasteiger partial charge in [-0.3, -0.25) is 4.79 Å². The second kappa shape index (κ2) is 5.45. The molecule has 1 heterocycles. The van der Waals surface area contributed by atoms with Crippen molar-refractivity contribution in [3.8, 4) is 0 Å². The van der Waals surface area contributed by atoms with Crippen LogP contribution in [0.5, 0.6) is 0 Å². The first kappa shape index (κ1) is 11.6. The zero-order chi connectivity index (χ0) is 11.3. The Hall–Kier alpha value is -1.43. The molecule has 1 rings (SSSR count). The topological polar surface area (TPSA) is 71.8 Å². The van der Waals surface area contributed by atoms with E-state index < -0.39 is 0 Å². The average molecular weight is 211 g/mol. The molecule has 0 aromatic carbocycles. The molecule has 2 N–H and O–H groups in total. The number of rotatable bonds is 5. The van der Waals surface area contributed by atoms with Crippen molar-refractivity contribution in [3.63, 3.8) is 0 Å². The lowest BCUT2D eigenvalue weighted by Crippen LogP contribution is -2.41. The second-order valence-electron chi connectivity index (χ2n) is 3.41. The maximum absolute atomic E-state index is 11.4. The van der Waals surface area contributed by atoms with Crippen LogP contribution in [0.15, 0.2) is 6.33 Å². The summed E-state index contributed by atoms with van der Waals surface area (Å²) in [6.45, 7) is 2.40. The van der Waals surface area contributed by atoms with Crippen molar-refractivity contribution in [1.82, 2.24) is 25.4 Å². The second-order valence-corrected chi connectivity index (χ2v) is 3.41. The van der Waals surface area contributed by atoms with Crippen molar-refractivity contribution in [2.45, 2.75) is 19.4 Å². The van der Waals surface area contributed by atoms with Crippen LogP contribution >= 0.6 is 0 Å². The lowest BCUT2D eigenvalue weighted by molar-refractivity contribution is -0.122. The zero-order valence-electron chi connectivity index (χ0n) is 9.32. The fourth-order valence-corrected chi connectivity index (χ4v) is 1.12. The summed E-state index contributed by atoms with van der Waals surface area (Å²) in [7, 11) is 3.64. The van der Waals surface area contributed by atoms with E-state index in [1.807, 2.05) is 18.5 Å². The molecule has 0 spiro atoms. The maximum atomic E-state index is 11.4. The van der Waals surface area contributed by atoms with Crippen LogP contribution in [0.1, 0.15) is 12.7 Å². The van der Waals surface area contributed by atoms with Crippen LogP contribution < -0.4 is 10.6 Å². The van der Waals surface area contributed by atoms with Crippen LogP contribution in [-0.2, 0) is 18.3 Å². The van der Waals surface area contributed by atoms with E-state index in [4.69, 9.17) is 0 Å². The van der Waals surface area contributed by atoms with Gasteiger partial charge >= 0.3 is 0 Å². The molecule has 0 radical (unpaired) electrons. The average Bonchev–Trinajstić information content (AvgIpc) is 2.63. The quantitative estimate of drug-likeness (QED) is 0.661. The molecule has 0 saturated carbocycles. The Morgan fingerprint density at radius 2 is 2.40 bits per heavy atom. The Bertz CT molecular complexity index is 322. The summed E-state index contributed by atoms with van der Waals surface area (Å²) < 4.78 is 1.84. The van der Waals surface area contributed by atoms with Gasteiger partial charge in [-0.05, 0) is 14.0 Å². The molecule has 84 valence electrons. The Morgan fingerprint density at radius 1 is 1.67 bits per heavy atom. The van der Waals surface area contributed by atoms with Crippen LogP contribution in [-0.4, -0.2) is 40.3 Å². The number of nitrogens with zero attached hydrogens (tertiary/aromatic N) is 3. The molecular weight excluding hydrogens is 194 g/mol. The van der Waals surface area contributed by atoms with Gasteiger partial charge in [0.25, 0.3) is 0 Å². The number of hydrogen-bond acceptors (Lipinski definition) is 4.